The Morgan fingerprint density at radius 3 is 2.44 bits per heavy atom. The van der Waals surface area contributed by atoms with Gasteiger partial charge in [-0.25, -0.2) is 8.42 Å². The highest BCUT2D eigenvalue weighted by Gasteiger charge is 2.24. The molecule has 6 nitrogen and oxygen atoms in total. The fourth-order valence-electron chi connectivity index (χ4n) is 4.01. The first-order valence-electron chi connectivity index (χ1n) is 11.9. The number of carbonyl (C=O) groups excluding carboxylic acids is 1. The summed E-state index contributed by atoms with van der Waals surface area (Å²) in [6.45, 7) is 2.04. The number of rotatable bonds is 8. The van der Waals surface area contributed by atoms with Gasteiger partial charge in [0.1, 0.15) is 5.75 Å². The van der Waals surface area contributed by atoms with Crippen molar-refractivity contribution in [3.63, 3.8) is 0 Å². The maximum Gasteiger partial charge on any atom is 0.265 e. The summed E-state index contributed by atoms with van der Waals surface area (Å²) in [4.78, 5) is 13.9. The lowest BCUT2D eigenvalue weighted by Gasteiger charge is -2.23. The van der Waals surface area contributed by atoms with Crippen LogP contribution in [0.5, 0.6) is 11.5 Å². The molecule has 0 saturated carbocycles. The van der Waals surface area contributed by atoms with E-state index in [1.807, 2.05) is 36.4 Å². The molecule has 10 heteroatoms. The maximum atomic E-state index is 13.3. The van der Waals surface area contributed by atoms with E-state index >= 15 is 0 Å². The molecule has 0 bridgehead atoms. The smallest absolute Gasteiger partial charge is 0.265 e. The third-order valence-electron chi connectivity index (χ3n) is 5.86. The molecule has 0 saturated heterocycles. The van der Waals surface area contributed by atoms with Crippen LogP contribution in [0.2, 0.25) is 5.02 Å². The molecule has 0 aliphatic carbocycles. The Labute approximate surface area is 244 Å². The first-order valence-corrected chi connectivity index (χ1v) is 15.3. The number of carbonyl (C=O) groups is 1. The molecule has 1 N–H and O–H groups in total. The highest BCUT2D eigenvalue weighted by molar-refractivity contribution is 9.10. The van der Waals surface area contributed by atoms with Gasteiger partial charge in [0, 0.05) is 20.7 Å². The van der Waals surface area contributed by atoms with Crippen LogP contribution >= 0.6 is 38.9 Å². The average Bonchev–Trinajstić information content (AvgIpc) is 3.35. The second kappa shape index (κ2) is 11.4. The number of hydrogen-bond acceptors (Lipinski definition) is 5. The van der Waals surface area contributed by atoms with Gasteiger partial charge in [0.25, 0.3) is 15.9 Å². The van der Waals surface area contributed by atoms with Gasteiger partial charge in [-0.05, 0) is 91.2 Å². The highest BCUT2D eigenvalue weighted by atomic mass is 79.9. The van der Waals surface area contributed by atoms with Crippen LogP contribution in [-0.2, 0) is 10.0 Å². The van der Waals surface area contributed by atoms with Crippen LogP contribution in [0, 0.1) is 0 Å². The maximum absolute atomic E-state index is 13.3. The highest BCUT2D eigenvalue weighted by Crippen LogP contribution is 2.35. The van der Waals surface area contributed by atoms with Gasteiger partial charge in [-0.15, -0.1) is 11.3 Å². The standard InChI is InChI=1S/C29H22BrClN2O4S2/c1-2-33(39(35,36)24-12-8-20(30)9-13-24)22-11-15-27-19(16-22)17-28(38-27)29(34)32-25-18-21(31)10-14-26(25)37-23-6-4-3-5-7-23/h3-18H,2H2,1H3,(H,32,34). The molecule has 198 valence electrons. The first-order chi connectivity index (χ1) is 18.7. The molecule has 0 aliphatic rings. The van der Waals surface area contributed by atoms with Gasteiger partial charge in [-0.1, -0.05) is 45.7 Å². The summed E-state index contributed by atoms with van der Waals surface area (Å²) in [6.07, 6.45) is 0. The van der Waals surface area contributed by atoms with Crippen LogP contribution in [0.3, 0.4) is 0 Å². The molecule has 5 aromatic rings. The molecule has 1 heterocycles. The average molecular weight is 642 g/mol. The van der Waals surface area contributed by atoms with E-state index in [9.17, 15) is 13.2 Å². The second-order valence-electron chi connectivity index (χ2n) is 8.47. The minimum Gasteiger partial charge on any atom is -0.455 e. The Morgan fingerprint density at radius 2 is 1.72 bits per heavy atom. The lowest BCUT2D eigenvalue weighted by Crippen LogP contribution is -2.30. The molecule has 0 radical (unpaired) electrons. The van der Waals surface area contributed by atoms with E-state index in [0.29, 0.717) is 32.8 Å². The number of nitrogens with zero attached hydrogens (tertiary/aromatic N) is 1. The zero-order chi connectivity index (χ0) is 27.6. The molecule has 0 atom stereocenters. The van der Waals surface area contributed by atoms with Crippen molar-refractivity contribution in [2.45, 2.75) is 11.8 Å². The van der Waals surface area contributed by atoms with E-state index in [4.69, 9.17) is 16.3 Å². The molecule has 0 fully saturated rings. The van der Waals surface area contributed by atoms with Crippen molar-refractivity contribution in [2.75, 3.05) is 16.2 Å². The summed E-state index contributed by atoms with van der Waals surface area (Å²) in [6, 6.07) is 27.9. The summed E-state index contributed by atoms with van der Waals surface area (Å²) >= 11 is 10.9. The monoisotopic (exact) mass is 640 g/mol. The van der Waals surface area contributed by atoms with E-state index in [0.717, 1.165) is 14.6 Å². The van der Waals surface area contributed by atoms with Crippen LogP contribution in [0.25, 0.3) is 10.1 Å². The number of sulfonamides is 1. The van der Waals surface area contributed by atoms with Gasteiger partial charge >= 0.3 is 0 Å². The number of hydrogen-bond donors (Lipinski definition) is 1. The van der Waals surface area contributed by atoms with Gasteiger partial charge in [-0.3, -0.25) is 9.10 Å². The SMILES string of the molecule is CCN(c1ccc2sc(C(=O)Nc3cc(Cl)ccc3Oc3ccccc3)cc2c1)S(=O)(=O)c1ccc(Br)cc1. The topological polar surface area (TPSA) is 75.7 Å². The number of amides is 1. The number of para-hydroxylation sites is 1. The molecule has 5 rings (SSSR count). The second-order valence-corrected chi connectivity index (χ2v) is 12.8. The van der Waals surface area contributed by atoms with Gasteiger partial charge < -0.3 is 10.1 Å². The van der Waals surface area contributed by atoms with Gasteiger partial charge in [-0.2, -0.15) is 0 Å². The van der Waals surface area contributed by atoms with Gasteiger partial charge in [0.2, 0.25) is 0 Å². The molecule has 0 spiro atoms. The van der Waals surface area contributed by atoms with Crippen LogP contribution in [-0.4, -0.2) is 20.9 Å². The molecule has 1 amide bonds. The van der Waals surface area contributed by atoms with E-state index in [1.165, 1.54) is 15.6 Å². The Bertz CT molecular complexity index is 1760. The Hall–Kier alpha value is -3.37. The van der Waals surface area contributed by atoms with Crippen molar-refractivity contribution in [3.8, 4) is 11.5 Å². The summed E-state index contributed by atoms with van der Waals surface area (Å²) in [5, 5.41) is 4.12. The predicted molar refractivity (Wildman–Crippen MR) is 162 cm³/mol. The number of halogens is 2. The van der Waals surface area contributed by atoms with Gasteiger partial charge in [0.15, 0.2) is 5.75 Å². The minimum atomic E-state index is -3.76. The van der Waals surface area contributed by atoms with E-state index in [-0.39, 0.29) is 17.3 Å². The normalized spacial score (nSPS) is 11.4. The molecule has 1 aromatic heterocycles. The zero-order valence-electron chi connectivity index (χ0n) is 20.6. The summed E-state index contributed by atoms with van der Waals surface area (Å²) in [5.41, 5.74) is 0.957. The number of nitrogens with one attached hydrogen (secondary N) is 1. The van der Waals surface area contributed by atoms with E-state index in [1.54, 1.807) is 67.6 Å². The lowest BCUT2D eigenvalue weighted by molar-refractivity contribution is 0.103. The third-order valence-corrected chi connectivity index (χ3v) is 9.66. The number of anilines is 2. The number of thiophene rings is 1. The summed E-state index contributed by atoms with van der Waals surface area (Å²) < 4.78 is 35.6. The van der Waals surface area contributed by atoms with Crippen LogP contribution in [0.15, 0.2) is 106 Å². The van der Waals surface area contributed by atoms with Crippen molar-refractivity contribution in [2.24, 2.45) is 0 Å². The van der Waals surface area contributed by atoms with Crippen molar-refractivity contribution >= 4 is 76.3 Å². The van der Waals surface area contributed by atoms with Crippen LogP contribution in [0.4, 0.5) is 11.4 Å². The third kappa shape index (κ3) is 5.96. The largest absolute Gasteiger partial charge is 0.455 e. The number of fused-ring (bicyclic) bond motifs is 1. The van der Waals surface area contributed by atoms with E-state index in [2.05, 4.69) is 21.2 Å². The van der Waals surface area contributed by atoms with E-state index < -0.39 is 10.0 Å². The lowest BCUT2D eigenvalue weighted by atomic mass is 10.2. The van der Waals surface area contributed by atoms with Gasteiger partial charge in [0.05, 0.1) is 21.1 Å². The van der Waals surface area contributed by atoms with Crippen molar-refractivity contribution in [1.29, 1.82) is 0 Å². The first kappa shape index (κ1) is 27.2. The Morgan fingerprint density at radius 1 is 0.974 bits per heavy atom. The van der Waals surface area contributed by atoms with Crippen molar-refractivity contribution in [3.05, 3.63) is 111 Å². The van der Waals surface area contributed by atoms with Crippen LogP contribution < -0.4 is 14.4 Å². The summed E-state index contributed by atoms with van der Waals surface area (Å²) in [7, 11) is -3.76. The molecule has 39 heavy (non-hydrogen) atoms. The minimum absolute atomic E-state index is 0.202. The number of ether oxygens (including phenoxy) is 1. The number of benzene rings is 4. The zero-order valence-corrected chi connectivity index (χ0v) is 24.6. The van der Waals surface area contributed by atoms with Crippen molar-refractivity contribution in [1.82, 2.24) is 0 Å². The fourth-order valence-corrected chi connectivity index (χ4v) is 6.85. The molecule has 4 aromatic carbocycles. The Balaban J connectivity index is 1.41. The van der Waals surface area contributed by atoms with Crippen molar-refractivity contribution < 1.29 is 17.9 Å². The molecule has 0 aliphatic heterocycles. The molecular weight excluding hydrogens is 620 g/mol. The molecule has 0 unspecified atom stereocenters. The fraction of sp³-hybridized carbons (Fsp3) is 0.0690. The summed E-state index contributed by atoms with van der Waals surface area (Å²) in [5.74, 6) is 0.759. The Kier molecular flexibility index (Phi) is 7.95. The van der Waals surface area contributed by atoms with Crippen LogP contribution in [0.1, 0.15) is 16.6 Å². The quantitative estimate of drug-likeness (QED) is 0.184. The molecular formula is C29H22BrClN2O4S2. The predicted octanol–water partition coefficient (Wildman–Crippen LogP) is 8.58.